The molecule has 0 radical (unpaired) electrons. The number of anilines is 1. The molecule has 1 fully saturated rings. The third-order valence-electron chi connectivity index (χ3n) is 7.62. The van der Waals surface area contributed by atoms with E-state index < -0.39 is 11.9 Å². The van der Waals surface area contributed by atoms with E-state index in [9.17, 15) is 9.59 Å². The first kappa shape index (κ1) is 30.1. The third kappa shape index (κ3) is 6.90. The van der Waals surface area contributed by atoms with Crippen LogP contribution in [0.25, 0.3) is 22.5 Å². The lowest BCUT2D eigenvalue weighted by Gasteiger charge is -2.35. The van der Waals surface area contributed by atoms with Crippen molar-refractivity contribution in [2.75, 3.05) is 11.4 Å². The number of amides is 2. The van der Waals surface area contributed by atoms with Gasteiger partial charge in [-0.05, 0) is 84.8 Å². The second-order valence-corrected chi connectivity index (χ2v) is 10.5. The summed E-state index contributed by atoms with van der Waals surface area (Å²) in [5.74, 6) is -0.0390. The van der Waals surface area contributed by atoms with Gasteiger partial charge in [0.25, 0.3) is 0 Å². The molecule has 2 amide bonds. The van der Waals surface area contributed by atoms with Gasteiger partial charge in [-0.15, -0.1) is 22.6 Å². The number of hydrogen-bond acceptors (Lipinski definition) is 7. The molecule has 1 atom stereocenters. The van der Waals surface area contributed by atoms with Gasteiger partial charge in [-0.1, -0.05) is 35.9 Å². The predicted molar refractivity (Wildman–Crippen MR) is 160 cm³/mol. The highest BCUT2D eigenvalue weighted by Gasteiger charge is 2.36. The summed E-state index contributed by atoms with van der Waals surface area (Å²) in [6, 6.07) is 15.7. The lowest BCUT2D eigenvalue weighted by molar-refractivity contribution is -0.127. The molecule has 4 aromatic rings. The summed E-state index contributed by atoms with van der Waals surface area (Å²) in [7, 11) is 0. The van der Waals surface area contributed by atoms with Crippen molar-refractivity contribution < 1.29 is 9.59 Å². The lowest BCUT2D eigenvalue weighted by atomic mass is 9.81. The average Bonchev–Trinajstić information content (AvgIpc) is 3.53. The van der Waals surface area contributed by atoms with Crippen LogP contribution in [0.3, 0.4) is 0 Å². The fraction of sp³-hybridized carbons (Fsp3) is 0.310. The van der Waals surface area contributed by atoms with Crippen LogP contribution in [0, 0.1) is 11.8 Å². The van der Waals surface area contributed by atoms with E-state index in [1.54, 1.807) is 47.6 Å². The van der Waals surface area contributed by atoms with Gasteiger partial charge in [0, 0.05) is 41.5 Å². The summed E-state index contributed by atoms with van der Waals surface area (Å²) < 4.78 is 0. The Kier molecular flexibility index (Phi) is 10.0. The molecule has 2 heterocycles. The number of aromatic nitrogens is 5. The Morgan fingerprint density at radius 1 is 1.00 bits per heavy atom. The first-order valence-corrected chi connectivity index (χ1v) is 13.7. The van der Waals surface area contributed by atoms with Crippen molar-refractivity contribution in [1.29, 1.82) is 0 Å². The number of carbonyl (C=O) groups is 2. The molecule has 41 heavy (non-hydrogen) atoms. The van der Waals surface area contributed by atoms with Crippen molar-refractivity contribution in [2.45, 2.75) is 38.1 Å². The van der Waals surface area contributed by atoms with Gasteiger partial charge in [0.2, 0.25) is 17.6 Å². The normalized spacial score (nSPS) is 17.3. The Labute approximate surface area is 249 Å². The molecule has 12 heteroatoms. The van der Waals surface area contributed by atoms with Gasteiger partial charge in [0.1, 0.15) is 6.04 Å². The maximum absolute atomic E-state index is 14.0. The average molecular weight is 596 g/mol. The largest absolute Gasteiger partial charge is 0.368 e. The summed E-state index contributed by atoms with van der Waals surface area (Å²) in [4.78, 5) is 32.7. The summed E-state index contributed by atoms with van der Waals surface area (Å²) in [6.07, 6.45) is 6.83. The minimum Gasteiger partial charge on any atom is -0.368 e. The van der Waals surface area contributed by atoms with Crippen LogP contribution in [0.15, 0.2) is 67.0 Å². The Morgan fingerprint density at radius 3 is 2.27 bits per heavy atom. The number of tetrazole rings is 1. The zero-order valence-corrected chi connectivity index (χ0v) is 23.9. The molecule has 5 rings (SSSR count). The third-order valence-corrected chi connectivity index (χ3v) is 7.95. The Bertz CT molecular complexity index is 1440. The first-order valence-electron chi connectivity index (χ1n) is 13.3. The number of carbonyl (C=O) groups excluding carboxylic acids is 2. The highest BCUT2D eigenvalue weighted by atomic mass is 35.5. The fourth-order valence-electron chi connectivity index (χ4n) is 5.31. The minimum absolute atomic E-state index is 0. The Balaban J connectivity index is 0.00000387. The second kappa shape index (κ2) is 13.7. The summed E-state index contributed by atoms with van der Waals surface area (Å²) in [5.41, 5.74) is 15.7. The van der Waals surface area contributed by atoms with Crippen molar-refractivity contribution >= 4 is 41.5 Å². The van der Waals surface area contributed by atoms with Crippen molar-refractivity contribution in [1.82, 2.24) is 25.6 Å². The van der Waals surface area contributed by atoms with E-state index in [0.717, 1.165) is 47.9 Å². The maximum atomic E-state index is 14.0. The number of hydrogen-bond donors (Lipinski definition) is 3. The van der Waals surface area contributed by atoms with Crippen molar-refractivity contribution in [3.63, 3.8) is 0 Å². The topological polar surface area (TPSA) is 157 Å². The summed E-state index contributed by atoms with van der Waals surface area (Å²) in [6.45, 7) is 0.617. The molecule has 0 unspecified atom stereocenters. The quantitative estimate of drug-likeness (QED) is 0.262. The van der Waals surface area contributed by atoms with Crippen molar-refractivity contribution in [3.05, 3.63) is 77.6 Å². The Hall–Kier alpha value is -3.86. The van der Waals surface area contributed by atoms with Gasteiger partial charge < -0.3 is 11.5 Å². The number of nitrogens with one attached hydrogen (secondary N) is 1. The van der Waals surface area contributed by atoms with E-state index in [1.165, 1.54) is 0 Å². The monoisotopic (exact) mass is 594 g/mol. The van der Waals surface area contributed by atoms with Gasteiger partial charge >= 0.3 is 0 Å². The zero-order valence-electron chi connectivity index (χ0n) is 22.3. The molecule has 2 aromatic carbocycles. The number of rotatable bonds is 9. The van der Waals surface area contributed by atoms with Gasteiger partial charge in [0.05, 0.1) is 5.02 Å². The minimum atomic E-state index is -0.886. The number of H-pyrrole nitrogens is 1. The van der Waals surface area contributed by atoms with E-state index in [4.69, 9.17) is 23.1 Å². The molecule has 214 valence electrons. The maximum Gasteiger partial charge on any atom is 0.240 e. The van der Waals surface area contributed by atoms with E-state index >= 15 is 0 Å². The molecular weight excluding hydrogens is 563 g/mol. The summed E-state index contributed by atoms with van der Waals surface area (Å²) >= 11 is 6.34. The molecule has 2 aromatic heterocycles. The molecular formula is C29H32Cl2N8O2. The Morgan fingerprint density at radius 2 is 1.68 bits per heavy atom. The van der Waals surface area contributed by atoms with Crippen LogP contribution in [0.2, 0.25) is 5.02 Å². The van der Waals surface area contributed by atoms with Crippen LogP contribution >= 0.6 is 24.0 Å². The molecule has 0 saturated heterocycles. The van der Waals surface area contributed by atoms with Crippen LogP contribution in [0.5, 0.6) is 0 Å². The number of aromatic amines is 1. The van der Waals surface area contributed by atoms with Crippen LogP contribution in [0.4, 0.5) is 5.69 Å². The number of nitrogens with zero attached hydrogens (tertiary/aromatic N) is 5. The predicted octanol–water partition coefficient (Wildman–Crippen LogP) is 4.20. The van der Waals surface area contributed by atoms with Crippen molar-refractivity contribution in [2.24, 2.45) is 23.3 Å². The number of halogens is 2. The number of benzene rings is 2. The van der Waals surface area contributed by atoms with E-state index in [0.29, 0.717) is 29.0 Å². The molecule has 0 aliphatic heterocycles. The molecule has 1 saturated carbocycles. The fourth-order valence-corrected chi connectivity index (χ4v) is 5.52. The van der Waals surface area contributed by atoms with Gasteiger partial charge in [-0.25, -0.2) is 0 Å². The van der Waals surface area contributed by atoms with E-state index in [-0.39, 0.29) is 30.7 Å². The van der Waals surface area contributed by atoms with E-state index in [1.807, 2.05) is 24.3 Å². The van der Waals surface area contributed by atoms with Gasteiger partial charge in [0.15, 0.2) is 0 Å². The lowest BCUT2D eigenvalue weighted by Crippen LogP contribution is -2.52. The van der Waals surface area contributed by atoms with Crippen LogP contribution in [-0.2, 0) is 16.0 Å². The van der Waals surface area contributed by atoms with Gasteiger partial charge in [-0.2, -0.15) is 5.21 Å². The zero-order chi connectivity index (χ0) is 28.1. The standard InChI is InChI=1S/C29H31ClN8O2.ClH/c30-25-13-14-33-17-24(25)20-5-1-18(2-6-20)15-26(27(32)39)38(29(40)22-7-3-19(16-31)4-8-22)23-11-9-21(10-12-23)28-34-36-37-35-28;/h1-2,5-6,9-14,17,19,22,26H,3-4,7-8,15-16,31H2,(H2,32,39)(H,34,35,36,37);1H/t19?,22?,26-;/m0./s1. The number of pyridine rings is 1. The van der Waals surface area contributed by atoms with Crippen LogP contribution in [0.1, 0.15) is 31.2 Å². The first-order chi connectivity index (χ1) is 19.4. The number of nitrogens with two attached hydrogens (primary N) is 2. The van der Waals surface area contributed by atoms with E-state index in [2.05, 4.69) is 25.6 Å². The molecule has 0 spiro atoms. The highest BCUT2D eigenvalue weighted by Crippen LogP contribution is 2.33. The second-order valence-electron chi connectivity index (χ2n) is 10.1. The number of primary amides is 1. The SMILES string of the molecule is Cl.NCC1CCC(C(=O)N(c2ccc(-c3nn[nH]n3)cc2)[C@@H](Cc2ccc(-c3cnccc3Cl)cc2)C(N)=O)CC1. The molecule has 1 aliphatic carbocycles. The van der Waals surface area contributed by atoms with Gasteiger partial charge in [-0.3, -0.25) is 19.5 Å². The highest BCUT2D eigenvalue weighted by molar-refractivity contribution is 6.33. The van der Waals surface area contributed by atoms with Crippen molar-refractivity contribution in [3.8, 4) is 22.5 Å². The van der Waals surface area contributed by atoms with Crippen LogP contribution in [-0.4, -0.2) is 50.0 Å². The molecule has 1 aliphatic rings. The smallest absolute Gasteiger partial charge is 0.240 e. The molecule has 10 nitrogen and oxygen atoms in total. The molecule has 5 N–H and O–H groups in total. The summed E-state index contributed by atoms with van der Waals surface area (Å²) in [5, 5.41) is 14.7. The van der Waals surface area contributed by atoms with Crippen LogP contribution < -0.4 is 16.4 Å². The molecule has 0 bridgehead atoms.